The Kier molecular flexibility index (Phi) is 52.7. The van der Waals surface area contributed by atoms with Crippen LogP contribution in [0.1, 0.15) is 316 Å². The molecule has 0 heterocycles. The van der Waals surface area contributed by atoms with Crippen molar-refractivity contribution in [3.63, 3.8) is 0 Å². The quantitative estimate of drug-likeness (QED) is 0.0262. The largest absolute Gasteiger partial charge is 0.462 e. The lowest BCUT2D eigenvalue weighted by molar-refractivity contribution is -0.167. The Morgan fingerprint density at radius 1 is 0.292 bits per heavy atom. The molecule has 6 nitrogen and oxygen atoms in total. The molecule has 65 heavy (non-hydrogen) atoms. The Morgan fingerprint density at radius 3 is 0.785 bits per heavy atom. The van der Waals surface area contributed by atoms with Crippen molar-refractivity contribution in [2.45, 2.75) is 322 Å². The van der Waals surface area contributed by atoms with Gasteiger partial charge < -0.3 is 14.2 Å². The second kappa shape index (κ2) is 54.5. The number of unbranched alkanes of at least 4 members (excludes halogenated alkanes) is 38. The van der Waals surface area contributed by atoms with Gasteiger partial charge in [-0.05, 0) is 70.6 Å². The van der Waals surface area contributed by atoms with Crippen LogP contribution in [0, 0.1) is 0 Å². The first-order valence-electron chi connectivity index (χ1n) is 28.8. The summed E-state index contributed by atoms with van der Waals surface area (Å²) in [5.41, 5.74) is 0. The van der Waals surface area contributed by atoms with Gasteiger partial charge in [0.15, 0.2) is 6.10 Å². The summed E-state index contributed by atoms with van der Waals surface area (Å²) < 4.78 is 16.9. The normalized spacial score (nSPS) is 12.1. The molecule has 0 aromatic rings. The summed E-state index contributed by atoms with van der Waals surface area (Å²) in [5, 5.41) is 0. The number of hydrogen-bond acceptors (Lipinski definition) is 6. The van der Waals surface area contributed by atoms with E-state index in [1.807, 2.05) is 0 Å². The first-order chi connectivity index (χ1) is 32.0. The third kappa shape index (κ3) is 52.7. The smallest absolute Gasteiger partial charge is 0.306 e. The minimum absolute atomic E-state index is 0.0691. The van der Waals surface area contributed by atoms with Gasteiger partial charge in [-0.15, -0.1) is 0 Å². The molecule has 382 valence electrons. The van der Waals surface area contributed by atoms with Crippen LogP contribution in [0.25, 0.3) is 0 Å². The van der Waals surface area contributed by atoms with Gasteiger partial charge in [0.2, 0.25) is 0 Å². The highest BCUT2D eigenvalue weighted by Crippen LogP contribution is 2.16. The lowest BCUT2D eigenvalue weighted by Gasteiger charge is -2.18. The summed E-state index contributed by atoms with van der Waals surface area (Å²) in [5.74, 6) is -0.857. The van der Waals surface area contributed by atoms with Crippen LogP contribution in [0.4, 0.5) is 0 Å². The molecule has 0 saturated carbocycles. The van der Waals surface area contributed by atoms with Gasteiger partial charge in [0.25, 0.3) is 0 Å². The van der Waals surface area contributed by atoms with Crippen LogP contribution in [-0.2, 0) is 28.6 Å². The minimum atomic E-state index is -0.770. The molecule has 0 aliphatic carbocycles. The molecule has 0 aromatic heterocycles. The summed E-state index contributed by atoms with van der Waals surface area (Å²) in [7, 11) is 0. The topological polar surface area (TPSA) is 78.9 Å². The molecular formula is C59H110O6. The van der Waals surface area contributed by atoms with Gasteiger partial charge in [-0.25, -0.2) is 0 Å². The van der Waals surface area contributed by atoms with E-state index >= 15 is 0 Å². The van der Waals surface area contributed by atoms with Gasteiger partial charge in [0, 0.05) is 19.3 Å². The van der Waals surface area contributed by atoms with Crippen molar-refractivity contribution in [2.24, 2.45) is 0 Å². The second-order valence-electron chi connectivity index (χ2n) is 19.6. The maximum atomic E-state index is 12.8. The van der Waals surface area contributed by atoms with Crippen LogP contribution < -0.4 is 0 Å². The Balaban J connectivity index is 4.31. The molecule has 0 N–H and O–H groups in total. The van der Waals surface area contributed by atoms with Crippen molar-refractivity contribution < 1.29 is 28.6 Å². The molecule has 0 bridgehead atoms. The third-order valence-electron chi connectivity index (χ3n) is 12.9. The fourth-order valence-electron chi connectivity index (χ4n) is 8.55. The zero-order chi connectivity index (χ0) is 47.2. The first kappa shape index (κ1) is 62.9. The van der Waals surface area contributed by atoms with Crippen molar-refractivity contribution >= 4 is 17.9 Å². The van der Waals surface area contributed by atoms with Crippen molar-refractivity contribution in [2.75, 3.05) is 13.2 Å². The zero-order valence-corrected chi connectivity index (χ0v) is 43.8. The van der Waals surface area contributed by atoms with E-state index in [0.717, 1.165) is 57.8 Å². The van der Waals surface area contributed by atoms with E-state index in [2.05, 4.69) is 45.1 Å². The molecule has 0 aliphatic heterocycles. The third-order valence-corrected chi connectivity index (χ3v) is 12.9. The molecule has 0 aromatic carbocycles. The number of rotatable bonds is 53. The number of ether oxygens (including phenoxy) is 3. The fraction of sp³-hybridized carbons (Fsp3) is 0.881. The number of esters is 3. The Bertz CT molecular complexity index is 1050. The molecule has 0 aliphatic rings. The second-order valence-corrected chi connectivity index (χ2v) is 19.6. The SMILES string of the molecule is CCCCCC/C=C/CCCCCCCCCC(=O)O[C@@H](COC(=O)CCCCCCCCCCC/C=C/CCCCCCCC)COC(=O)CCCCCCCCCCCCCCC. The maximum absolute atomic E-state index is 12.8. The monoisotopic (exact) mass is 915 g/mol. The van der Waals surface area contributed by atoms with Gasteiger partial charge in [0.05, 0.1) is 0 Å². The van der Waals surface area contributed by atoms with Crippen LogP contribution in [0.5, 0.6) is 0 Å². The zero-order valence-electron chi connectivity index (χ0n) is 43.8. The Labute approximate surface area is 404 Å². The molecule has 0 amide bonds. The summed E-state index contributed by atoms with van der Waals surface area (Å²) in [6.45, 7) is 6.66. The lowest BCUT2D eigenvalue weighted by Crippen LogP contribution is -2.30. The van der Waals surface area contributed by atoms with Crippen molar-refractivity contribution in [1.82, 2.24) is 0 Å². The van der Waals surface area contributed by atoms with E-state index in [4.69, 9.17) is 14.2 Å². The standard InChI is InChI=1S/C59H110O6/c1-4-7-10-13-16-19-22-25-27-28-29-30-32-34-37-40-43-46-49-52-58(61)64-55-56(54-63-57(60)51-48-45-42-39-36-33-24-21-18-15-12-9-6-3)65-59(62)53-50-47-44-41-38-35-31-26-23-20-17-14-11-8-5-2/h20,23,25,27,56H,4-19,21-22,24,26,28-55H2,1-3H3/b23-20+,27-25+/t56-/m1/s1. The summed E-state index contributed by atoms with van der Waals surface area (Å²) in [4.78, 5) is 38.1. The fourth-order valence-corrected chi connectivity index (χ4v) is 8.55. The molecule has 0 radical (unpaired) electrons. The number of allylic oxidation sites excluding steroid dienone is 4. The highest BCUT2D eigenvalue weighted by molar-refractivity contribution is 5.71. The summed E-state index contributed by atoms with van der Waals surface area (Å²) in [6.07, 6.45) is 63.0. The van der Waals surface area contributed by atoms with E-state index in [1.165, 1.54) is 218 Å². The van der Waals surface area contributed by atoms with E-state index in [0.29, 0.717) is 19.3 Å². The average molecular weight is 916 g/mol. The Morgan fingerprint density at radius 2 is 0.508 bits per heavy atom. The predicted molar refractivity (Wildman–Crippen MR) is 279 cm³/mol. The van der Waals surface area contributed by atoms with Crippen LogP contribution in [0.15, 0.2) is 24.3 Å². The van der Waals surface area contributed by atoms with Gasteiger partial charge >= 0.3 is 17.9 Å². The Hall–Kier alpha value is -2.11. The van der Waals surface area contributed by atoms with E-state index < -0.39 is 6.10 Å². The van der Waals surface area contributed by atoms with Crippen molar-refractivity contribution in [3.05, 3.63) is 24.3 Å². The molecular weight excluding hydrogens is 805 g/mol. The predicted octanol–water partition coefficient (Wildman–Crippen LogP) is 19.1. The van der Waals surface area contributed by atoms with Crippen LogP contribution >= 0.6 is 0 Å². The molecule has 0 saturated heterocycles. The van der Waals surface area contributed by atoms with E-state index in [-0.39, 0.29) is 31.1 Å². The number of hydrogen-bond donors (Lipinski definition) is 0. The molecule has 0 rings (SSSR count). The molecule has 6 heteroatoms. The molecule has 0 spiro atoms. The number of carbonyl (C=O) groups excluding carboxylic acids is 3. The van der Waals surface area contributed by atoms with Crippen molar-refractivity contribution in [1.29, 1.82) is 0 Å². The van der Waals surface area contributed by atoms with Gasteiger partial charge in [-0.2, -0.15) is 0 Å². The molecule has 0 unspecified atom stereocenters. The van der Waals surface area contributed by atoms with Crippen LogP contribution in [-0.4, -0.2) is 37.2 Å². The maximum Gasteiger partial charge on any atom is 0.306 e. The molecule has 0 fully saturated rings. The highest BCUT2D eigenvalue weighted by atomic mass is 16.6. The van der Waals surface area contributed by atoms with Crippen LogP contribution in [0.3, 0.4) is 0 Å². The van der Waals surface area contributed by atoms with E-state index in [9.17, 15) is 14.4 Å². The van der Waals surface area contributed by atoms with Crippen LogP contribution in [0.2, 0.25) is 0 Å². The summed E-state index contributed by atoms with van der Waals surface area (Å²) >= 11 is 0. The van der Waals surface area contributed by atoms with Gasteiger partial charge in [-0.3, -0.25) is 14.4 Å². The lowest BCUT2D eigenvalue weighted by atomic mass is 10.0. The minimum Gasteiger partial charge on any atom is -0.462 e. The summed E-state index contributed by atoms with van der Waals surface area (Å²) in [6, 6.07) is 0. The van der Waals surface area contributed by atoms with Crippen molar-refractivity contribution in [3.8, 4) is 0 Å². The highest BCUT2D eigenvalue weighted by Gasteiger charge is 2.19. The van der Waals surface area contributed by atoms with Gasteiger partial charge in [-0.1, -0.05) is 251 Å². The van der Waals surface area contributed by atoms with E-state index in [1.54, 1.807) is 0 Å². The average Bonchev–Trinajstić information content (AvgIpc) is 3.30. The number of carbonyl (C=O) groups is 3. The molecule has 1 atom stereocenters. The van der Waals surface area contributed by atoms with Gasteiger partial charge in [0.1, 0.15) is 13.2 Å². The first-order valence-corrected chi connectivity index (χ1v) is 28.8.